The monoisotopic (exact) mass is 383 g/mol. The number of anilines is 2. The van der Waals surface area contributed by atoms with Gasteiger partial charge >= 0.3 is 0 Å². The standard InChI is InChI=1S/C21H25N3O4/c1-22-21(26)15-6-4-7-16(12-15)23-13-20(25)24-18-9-2-3-10-19(18)28-14-17-8-5-11-27-17/h2-4,6-7,9-10,12,17,23H,5,8,11,13-14H2,1H3,(H,22,26)(H,24,25). The molecule has 7 heteroatoms. The summed E-state index contributed by atoms with van der Waals surface area (Å²) in [6.07, 6.45) is 2.16. The Hall–Kier alpha value is -3.06. The first-order valence-electron chi connectivity index (χ1n) is 9.35. The number of benzene rings is 2. The third-order valence-electron chi connectivity index (χ3n) is 4.41. The minimum atomic E-state index is -0.210. The molecule has 0 spiro atoms. The summed E-state index contributed by atoms with van der Waals surface area (Å²) in [5.74, 6) is 0.233. The Morgan fingerprint density at radius 2 is 2.04 bits per heavy atom. The number of para-hydroxylation sites is 2. The summed E-state index contributed by atoms with van der Waals surface area (Å²) in [6, 6.07) is 14.3. The van der Waals surface area contributed by atoms with Crippen LogP contribution in [0.15, 0.2) is 48.5 Å². The maximum Gasteiger partial charge on any atom is 0.251 e. The van der Waals surface area contributed by atoms with Crippen molar-refractivity contribution in [2.24, 2.45) is 0 Å². The molecule has 1 atom stereocenters. The third kappa shape index (κ3) is 5.47. The Kier molecular flexibility index (Phi) is 6.86. The van der Waals surface area contributed by atoms with E-state index in [1.807, 2.05) is 18.2 Å². The first-order chi connectivity index (χ1) is 13.7. The Bertz CT molecular complexity index is 819. The van der Waals surface area contributed by atoms with Crippen LogP contribution in [-0.2, 0) is 9.53 Å². The molecule has 2 aromatic carbocycles. The molecule has 0 bridgehead atoms. The Morgan fingerprint density at radius 3 is 2.82 bits per heavy atom. The molecule has 148 valence electrons. The number of nitrogens with one attached hydrogen (secondary N) is 3. The van der Waals surface area contributed by atoms with Crippen LogP contribution >= 0.6 is 0 Å². The van der Waals surface area contributed by atoms with Gasteiger partial charge in [0.2, 0.25) is 5.91 Å². The van der Waals surface area contributed by atoms with Crippen LogP contribution < -0.4 is 20.7 Å². The van der Waals surface area contributed by atoms with Crippen LogP contribution in [0, 0.1) is 0 Å². The molecular formula is C21H25N3O4. The number of amides is 2. The number of ether oxygens (including phenoxy) is 2. The van der Waals surface area contributed by atoms with Gasteiger partial charge in [-0.1, -0.05) is 18.2 Å². The van der Waals surface area contributed by atoms with Crippen LogP contribution in [0.3, 0.4) is 0 Å². The average molecular weight is 383 g/mol. The minimum Gasteiger partial charge on any atom is -0.489 e. The molecule has 0 aromatic heterocycles. The Labute approximate surface area is 164 Å². The largest absolute Gasteiger partial charge is 0.489 e. The van der Waals surface area contributed by atoms with Crippen LogP contribution in [0.1, 0.15) is 23.2 Å². The van der Waals surface area contributed by atoms with Crippen molar-refractivity contribution in [3.63, 3.8) is 0 Å². The third-order valence-corrected chi connectivity index (χ3v) is 4.41. The fraction of sp³-hybridized carbons (Fsp3) is 0.333. The molecule has 1 heterocycles. The van der Waals surface area contributed by atoms with E-state index in [0.717, 1.165) is 19.4 Å². The highest BCUT2D eigenvalue weighted by molar-refractivity contribution is 5.96. The maximum atomic E-state index is 12.3. The van der Waals surface area contributed by atoms with E-state index in [4.69, 9.17) is 9.47 Å². The Balaban J connectivity index is 1.54. The van der Waals surface area contributed by atoms with Gasteiger partial charge in [-0.25, -0.2) is 0 Å². The van der Waals surface area contributed by atoms with Gasteiger partial charge in [-0.05, 0) is 43.2 Å². The van der Waals surface area contributed by atoms with E-state index in [2.05, 4.69) is 16.0 Å². The highest BCUT2D eigenvalue weighted by Gasteiger charge is 2.17. The molecular weight excluding hydrogens is 358 g/mol. The summed E-state index contributed by atoms with van der Waals surface area (Å²) >= 11 is 0. The normalized spacial score (nSPS) is 15.7. The summed E-state index contributed by atoms with van der Waals surface area (Å²) in [7, 11) is 1.58. The highest BCUT2D eigenvalue weighted by atomic mass is 16.5. The van der Waals surface area contributed by atoms with Crippen LogP contribution in [0.25, 0.3) is 0 Å². The molecule has 7 nitrogen and oxygen atoms in total. The second-order valence-electron chi connectivity index (χ2n) is 6.50. The predicted octanol–water partition coefficient (Wildman–Crippen LogP) is 2.65. The molecule has 3 N–H and O–H groups in total. The van der Waals surface area contributed by atoms with Crippen LogP contribution in [-0.4, -0.2) is 44.7 Å². The smallest absolute Gasteiger partial charge is 0.251 e. The molecule has 1 fully saturated rings. The van der Waals surface area contributed by atoms with Crippen molar-refractivity contribution in [2.45, 2.75) is 18.9 Å². The summed E-state index contributed by atoms with van der Waals surface area (Å²) in [5, 5.41) is 8.46. The number of hydrogen-bond acceptors (Lipinski definition) is 5. The second kappa shape index (κ2) is 9.75. The SMILES string of the molecule is CNC(=O)c1cccc(NCC(=O)Nc2ccccc2OCC2CCCO2)c1. The van der Waals surface area contributed by atoms with Crippen molar-refractivity contribution >= 4 is 23.2 Å². The van der Waals surface area contributed by atoms with Gasteiger partial charge in [0, 0.05) is 24.9 Å². The first kappa shape index (κ1) is 19.7. The van der Waals surface area contributed by atoms with Crippen molar-refractivity contribution in [3.8, 4) is 5.75 Å². The van der Waals surface area contributed by atoms with Gasteiger partial charge in [0.15, 0.2) is 0 Å². The lowest BCUT2D eigenvalue weighted by Gasteiger charge is -2.15. The lowest BCUT2D eigenvalue weighted by atomic mass is 10.2. The number of hydrogen-bond donors (Lipinski definition) is 3. The lowest BCUT2D eigenvalue weighted by Crippen LogP contribution is -2.23. The van der Waals surface area contributed by atoms with E-state index in [-0.39, 0.29) is 24.5 Å². The summed E-state index contributed by atoms with van der Waals surface area (Å²) in [4.78, 5) is 24.0. The molecule has 0 aliphatic carbocycles. The van der Waals surface area contributed by atoms with Gasteiger partial charge in [-0.3, -0.25) is 9.59 Å². The van der Waals surface area contributed by atoms with Crippen LogP contribution in [0.5, 0.6) is 5.75 Å². The molecule has 2 aromatic rings. The zero-order valence-corrected chi connectivity index (χ0v) is 15.9. The molecule has 1 aliphatic heterocycles. The van der Waals surface area contributed by atoms with E-state index < -0.39 is 0 Å². The average Bonchev–Trinajstić information content (AvgIpc) is 3.25. The topological polar surface area (TPSA) is 88.7 Å². The quantitative estimate of drug-likeness (QED) is 0.652. The van der Waals surface area contributed by atoms with E-state index in [1.165, 1.54) is 0 Å². The zero-order chi connectivity index (χ0) is 19.8. The molecule has 3 rings (SSSR count). The van der Waals surface area contributed by atoms with Gasteiger partial charge in [0.1, 0.15) is 12.4 Å². The van der Waals surface area contributed by atoms with E-state index in [1.54, 1.807) is 37.4 Å². The van der Waals surface area contributed by atoms with Crippen molar-refractivity contribution in [1.82, 2.24) is 5.32 Å². The van der Waals surface area contributed by atoms with Crippen molar-refractivity contribution in [3.05, 3.63) is 54.1 Å². The molecule has 1 aliphatic rings. The molecule has 1 unspecified atom stereocenters. The first-order valence-corrected chi connectivity index (χ1v) is 9.35. The van der Waals surface area contributed by atoms with Crippen molar-refractivity contribution in [1.29, 1.82) is 0 Å². The molecule has 1 saturated heterocycles. The van der Waals surface area contributed by atoms with E-state index in [9.17, 15) is 9.59 Å². The van der Waals surface area contributed by atoms with Crippen molar-refractivity contribution < 1.29 is 19.1 Å². The van der Waals surface area contributed by atoms with E-state index >= 15 is 0 Å². The number of carbonyl (C=O) groups excluding carboxylic acids is 2. The molecule has 0 saturated carbocycles. The number of carbonyl (C=O) groups is 2. The number of rotatable bonds is 8. The van der Waals surface area contributed by atoms with Gasteiger partial charge in [0.25, 0.3) is 5.91 Å². The van der Waals surface area contributed by atoms with Crippen LogP contribution in [0.4, 0.5) is 11.4 Å². The summed E-state index contributed by atoms with van der Waals surface area (Å²) in [5.41, 5.74) is 1.84. The summed E-state index contributed by atoms with van der Waals surface area (Å²) in [6.45, 7) is 1.31. The maximum absolute atomic E-state index is 12.3. The highest BCUT2D eigenvalue weighted by Crippen LogP contribution is 2.25. The lowest BCUT2D eigenvalue weighted by molar-refractivity contribution is -0.114. The second-order valence-corrected chi connectivity index (χ2v) is 6.50. The fourth-order valence-electron chi connectivity index (χ4n) is 2.95. The molecule has 28 heavy (non-hydrogen) atoms. The minimum absolute atomic E-state index is 0.0667. The van der Waals surface area contributed by atoms with Gasteiger partial charge in [-0.15, -0.1) is 0 Å². The van der Waals surface area contributed by atoms with Crippen molar-refractivity contribution in [2.75, 3.05) is 37.4 Å². The van der Waals surface area contributed by atoms with Gasteiger partial charge < -0.3 is 25.4 Å². The van der Waals surface area contributed by atoms with Crippen LogP contribution in [0.2, 0.25) is 0 Å². The van der Waals surface area contributed by atoms with Gasteiger partial charge in [0.05, 0.1) is 18.3 Å². The Morgan fingerprint density at radius 1 is 1.18 bits per heavy atom. The van der Waals surface area contributed by atoms with E-state index in [0.29, 0.717) is 29.3 Å². The molecule has 0 radical (unpaired) electrons. The summed E-state index contributed by atoms with van der Waals surface area (Å²) < 4.78 is 11.4. The van der Waals surface area contributed by atoms with Gasteiger partial charge in [-0.2, -0.15) is 0 Å². The zero-order valence-electron chi connectivity index (χ0n) is 15.9. The molecule has 2 amide bonds. The predicted molar refractivity (Wildman–Crippen MR) is 108 cm³/mol. The fourth-order valence-corrected chi connectivity index (χ4v) is 2.95.